The van der Waals surface area contributed by atoms with Crippen LogP contribution in [0.4, 0.5) is 13.2 Å². The first-order chi connectivity index (χ1) is 13.8. The van der Waals surface area contributed by atoms with E-state index in [0.29, 0.717) is 12.8 Å². The second-order valence-electron chi connectivity index (χ2n) is 7.30. The van der Waals surface area contributed by atoms with Gasteiger partial charge in [-0.3, -0.25) is 5.10 Å². The molecule has 0 fully saturated rings. The number of hydrogen-bond acceptors (Lipinski definition) is 3. The molecule has 2 aromatic carbocycles. The van der Waals surface area contributed by atoms with Gasteiger partial charge in [-0.25, -0.2) is 8.42 Å². The first-order valence-corrected chi connectivity index (χ1v) is 10.5. The van der Waals surface area contributed by atoms with E-state index in [-0.39, 0.29) is 4.90 Å². The molecule has 0 saturated carbocycles. The summed E-state index contributed by atoms with van der Waals surface area (Å²) in [5.41, 5.74) is 2.82. The number of hydrogen-bond donors (Lipinski definition) is 1. The van der Waals surface area contributed by atoms with Crippen molar-refractivity contribution in [3.63, 3.8) is 0 Å². The summed E-state index contributed by atoms with van der Waals surface area (Å²) in [5.74, 6) is 0. The molecule has 3 aromatic rings. The Kier molecular flexibility index (Phi) is 3.91. The maximum atomic E-state index is 13.5. The molecule has 0 spiro atoms. The van der Waals surface area contributed by atoms with Crippen LogP contribution in [0.2, 0.25) is 0 Å². The van der Waals surface area contributed by atoms with E-state index in [4.69, 9.17) is 0 Å². The number of alkyl halides is 3. The Morgan fingerprint density at radius 2 is 1.66 bits per heavy atom. The van der Waals surface area contributed by atoms with Crippen LogP contribution < -0.4 is 0 Å². The van der Waals surface area contributed by atoms with Crippen LogP contribution in [0.3, 0.4) is 0 Å². The lowest BCUT2D eigenvalue weighted by Gasteiger charge is -2.45. The smallest absolute Gasteiger partial charge is 0.282 e. The topological polar surface area (TPSA) is 66.1 Å². The second kappa shape index (κ2) is 6.17. The zero-order valence-corrected chi connectivity index (χ0v) is 15.8. The highest BCUT2D eigenvalue weighted by molar-refractivity contribution is 7.89. The van der Waals surface area contributed by atoms with Crippen LogP contribution in [-0.2, 0) is 29.0 Å². The Morgan fingerprint density at radius 3 is 2.38 bits per heavy atom. The number of fused-ring (bicyclic) bond motifs is 6. The van der Waals surface area contributed by atoms with Crippen molar-refractivity contribution in [3.8, 4) is 0 Å². The quantitative estimate of drug-likeness (QED) is 0.683. The van der Waals surface area contributed by atoms with E-state index in [1.807, 2.05) is 24.3 Å². The van der Waals surface area contributed by atoms with E-state index in [2.05, 4.69) is 10.2 Å². The van der Waals surface area contributed by atoms with E-state index in [9.17, 15) is 21.6 Å². The third-order valence-corrected chi connectivity index (χ3v) is 7.64. The highest BCUT2D eigenvalue weighted by Crippen LogP contribution is 2.49. The maximum absolute atomic E-state index is 13.5. The number of rotatable bonds is 2. The van der Waals surface area contributed by atoms with E-state index < -0.39 is 33.8 Å². The largest absolute Gasteiger partial charge is 0.416 e. The second-order valence-corrected chi connectivity index (χ2v) is 9.14. The first kappa shape index (κ1) is 18.4. The molecule has 2 aliphatic heterocycles. The summed E-state index contributed by atoms with van der Waals surface area (Å²) in [6.45, 7) is 0. The van der Waals surface area contributed by atoms with Crippen LogP contribution in [0.1, 0.15) is 40.0 Å². The number of nitrogens with zero attached hydrogens (tertiary/aromatic N) is 2. The molecule has 3 heterocycles. The highest BCUT2D eigenvalue weighted by atomic mass is 32.2. The monoisotopic (exact) mass is 419 g/mol. The molecule has 5 nitrogen and oxygen atoms in total. The number of aromatic amines is 1. The standard InChI is InChI=1S/C20H16F3N3O2S/c21-20(22,23)13-5-7-14(8-6-13)29(27,28)26-18-9-12-3-1-2-4-15(12)19(26)10-17-16(18)11-24-25-17/h1-8,11,18-19H,9-10H2,(H,24,25). The predicted octanol–water partition coefficient (Wildman–Crippen LogP) is 4.01. The minimum absolute atomic E-state index is 0.146. The fraction of sp³-hybridized carbons (Fsp3) is 0.250. The number of sulfonamides is 1. The Labute approximate surface area is 165 Å². The first-order valence-electron chi connectivity index (χ1n) is 9.07. The fourth-order valence-electron chi connectivity index (χ4n) is 4.38. The molecule has 0 saturated heterocycles. The predicted molar refractivity (Wildman–Crippen MR) is 98.4 cm³/mol. The van der Waals surface area contributed by atoms with Crippen molar-refractivity contribution in [2.75, 3.05) is 0 Å². The molecule has 5 rings (SSSR count). The number of H-pyrrole nitrogens is 1. The van der Waals surface area contributed by atoms with Gasteiger partial charge in [-0.2, -0.15) is 22.6 Å². The molecule has 0 aliphatic carbocycles. The average Bonchev–Trinajstić information content (AvgIpc) is 3.15. The lowest BCUT2D eigenvalue weighted by Crippen LogP contribution is -2.46. The molecule has 1 N–H and O–H groups in total. The van der Waals surface area contributed by atoms with Crippen molar-refractivity contribution in [1.29, 1.82) is 0 Å². The fourth-order valence-corrected chi connectivity index (χ4v) is 6.15. The summed E-state index contributed by atoms with van der Waals surface area (Å²) >= 11 is 0. The molecule has 150 valence electrons. The zero-order chi connectivity index (χ0) is 20.4. The molecular formula is C20H16F3N3O2S. The molecule has 2 aliphatic rings. The molecule has 0 amide bonds. The van der Waals surface area contributed by atoms with E-state index in [1.165, 1.54) is 4.31 Å². The van der Waals surface area contributed by atoms with Crippen LogP contribution in [0.25, 0.3) is 0 Å². The minimum Gasteiger partial charge on any atom is -0.282 e. The van der Waals surface area contributed by atoms with Crippen molar-refractivity contribution >= 4 is 10.0 Å². The van der Waals surface area contributed by atoms with Crippen molar-refractivity contribution in [3.05, 3.63) is 82.7 Å². The third-order valence-electron chi connectivity index (χ3n) is 5.71. The summed E-state index contributed by atoms with van der Waals surface area (Å²) in [5, 5.41) is 7.04. The average molecular weight is 419 g/mol. The number of aromatic nitrogens is 2. The maximum Gasteiger partial charge on any atom is 0.416 e. The number of benzene rings is 2. The van der Waals surface area contributed by atoms with Gasteiger partial charge in [0.2, 0.25) is 10.0 Å². The summed E-state index contributed by atoms with van der Waals surface area (Å²) in [6, 6.07) is 10.5. The van der Waals surface area contributed by atoms with Gasteiger partial charge in [0.15, 0.2) is 0 Å². The molecule has 29 heavy (non-hydrogen) atoms. The van der Waals surface area contributed by atoms with Crippen molar-refractivity contribution in [2.24, 2.45) is 0 Å². The van der Waals surface area contributed by atoms with Gasteiger partial charge < -0.3 is 0 Å². The van der Waals surface area contributed by atoms with E-state index in [0.717, 1.165) is 46.6 Å². The van der Waals surface area contributed by atoms with Gasteiger partial charge in [0.25, 0.3) is 0 Å². The molecular weight excluding hydrogens is 403 g/mol. The number of nitrogens with one attached hydrogen (secondary N) is 1. The van der Waals surface area contributed by atoms with E-state index >= 15 is 0 Å². The SMILES string of the molecule is O=S(=O)(c1ccc(C(F)(F)F)cc1)N1C2Cc3[nH]ncc3C1Cc1ccccc12. The van der Waals surface area contributed by atoms with Crippen molar-refractivity contribution in [2.45, 2.75) is 36.0 Å². The minimum atomic E-state index is -4.52. The summed E-state index contributed by atoms with van der Waals surface area (Å²) in [7, 11) is -4.02. The van der Waals surface area contributed by atoms with Crippen molar-refractivity contribution in [1.82, 2.24) is 14.5 Å². The van der Waals surface area contributed by atoms with Gasteiger partial charge in [0.05, 0.1) is 28.7 Å². The number of halogens is 3. The van der Waals surface area contributed by atoms with Crippen LogP contribution in [0.15, 0.2) is 59.6 Å². The van der Waals surface area contributed by atoms with Gasteiger partial charge in [0.1, 0.15) is 0 Å². The van der Waals surface area contributed by atoms with Gasteiger partial charge >= 0.3 is 6.18 Å². The molecule has 1 aromatic heterocycles. The van der Waals surface area contributed by atoms with Crippen LogP contribution in [0, 0.1) is 0 Å². The normalized spacial score (nSPS) is 21.5. The van der Waals surface area contributed by atoms with Crippen LogP contribution >= 0.6 is 0 Å². The van der Waals surface area contributed by atoms with Crippen LogP contribution in [-0.4, -0.2) is 22.9 Å². The zero-order valence-electron chi connectivity index (χ0n) is 15.0. The molecule has 2 unspecified atom stereocenters. The third kappa shape index (κ3) is 2.79. The molecule has 2 atom stereocenters. The summed E-state index contributed by atoms with van der Waals surface area (Å²) < 4.78 is 67.1. The van der Waals surface area contributed by atoms with Gasteiger partial charge in [-0.05, 0) is 41.8 Å². The molecule has 2 bridgehead atoms. The van der Waals surface area contributed by atoms with Gasteiger partial charge in [-0.1, -0.05) is 24.3 Å². The summed E-state index contributed by atoms with van der Waals surface area (Å²) in [6.07, 6.45) is -1.96. The Bertz CT molecular complexity index is 1190. The Morgan fingerprint density at radius 1 is 0.966 bits per heavy atom. The molecule has 9 heteroatoms. The van der Waals surface area contributed by atoms with Gasteiger partial charge in [0, 0.05) is 17.7 Å². The van der Waals surface area contributed by atoms with E-state index in [1.54, 1.807) is 6.20 Å². The van der Waals surface area contributed by atoms with Crippen molar-refractivity contribution < 1.29 is 21.6 Å². The molecule has 0 radical (unpaired) electrons. The van der Waals surface area contributed by atoms with Gasteiger partial charge in [-0.15, -0.1) is 0 Å². The Balaban J connectivity index is 1.63. The lowest BCUT2D eigenvalue weighted by atomic mass is 9.81. The Hall–Kier alpha value is -2.65. The van der Waals surface area contributed by atoms with Crippen LogP contribution in [0.5, 0.6) is 0 Å². The lowest BCUT2D eigenvalue weighted by molar-refractivity contribution is -0.137. The highest BCUT2D eigenvalue weighted by Gasteiger charge is 2.47. The summed E-state index contributed by atoms with van der Waals surface area (Å²) in [4.78, 5) is -0.146.